The second-order valence-electron chi connectivity index (χ2n) is 8.63. The molecule has 0 saturated carbocycles. The number of ether oxygens (including phenoxy) is 2. The Bertz CT molecular complexity index is 1150. The molecule has 3 heterocycles. The van der Waals surface area contributed by atoms with Crippen molar-refractivity contribution < 1.29 is 18.3 Å². The lowest BCUT2D eigenvalue weighted by Crippen LogP contribution is -2.48. The zero-order chi connectivity index (χ0) is 22.2. The van der Waals surface area contributed by atoms with Crippen LogP contribution in [0.25, 0.3) is 10.9 Å². The van der Waals surface area contributed by atoms with Gasteiger partial charge in [-0.2, -0.15) is 0 Å². The summed E-state index contributed by atoms with van der Waals surface area (Å²) in [5.41, 5.74) is 9.11. The maximum Gasteiger partial charge on any atom is 0.171 e. The molecule has 1 aromatic heterocycles. The maximum absolute atomic E-state index is 14.2. The minimum absolute atomic E-state index is 0.192. The average molecular weight is 440 g/mol. The number of benzene rings is 2. The second kappa shape index (κ2) is 8.54. The Labute approximate surface area is 186 Å². The molecule has 5 nitrogen and oxygen atoms in total. The minimum atomic E-state index is -0.827. The van der Waals surface area contributed by atoms with Gasteiger partial charge in [0.05, 0.1) is 12.1 Å². The van der Waals surface area contributed by atoms with Gasteiger partial charge in [0, 0.05) is 28.9 Å². The number of aryl methyl sites for hydroxylation is 2. The van der Waals surface area contributed by atoms with E-state index in [2.05, 4.69) is 9.88 Å². The molecular formula is C25H27F2N3O2. The first-order valence-corrected chi connectivity index (χ1v) is 11.2. The maximum atomic E-state index is 14.2. The highest BCUT2D eigenvalue weighted by Crippen LogP contribution is 2.40. The monoisotopic (exact) mass is 439 g/mol. The van der Waals surface area contributed by atoms with Crippen molar-refractivity contribution in [3.8, 4) is 11.5 Å². The SMILES string of the molecule is Cc1ccc2c3c(ccc2n1)OCC(CN1c2cc(F)c(F)cc2CCC1CCCN)O3. The number of anilines is 1. The second-order valence-corrected chi connectivity index (χ2v) is 8.63. The van der Waals surface area contributed by atoms with E-state index >= 15 is 0 Å². The van der Waals surface area contributed by atoms with Crippen LogP contribution in [0.2, 0.25) is 0 Å². The Morgan fingerprint density at radius 2 is 2.00 bits per heavy atom. The van der Waals surface area contributed by atoms with E-state index in [4.69, 9.17) is 15.2 Å². The molecule has 2 atom stereocenters. The number of nitrogens with zero attached hydrogens (tertiary/aromatic N) is 2. The number of pyridine rings is 1. The van der Waals surface area contributed by atoms with Crippen molar-refractivity contribution in [3.05, 3.63) is 59.3 Å². The van der Waals surface area contributed by atoms with Gasteiger partial charge in [-0.15, -0.1) is 0 Å². The molecule has 3 aromatic rings. The molecule has 32 heavy (non-hydrogen) atoms. The number of aromatic nitrogens is 1. The highest BCUT2D eigenvalue weighted by atomic mass is 19.2. The van der Waals surface area contributed by atoms with Crippen LogP contribution in [0.4, 0.5) is 14.5 Å². The topological polar surface area (TPSA) is 60.6 Å². The number of hydrogen-bond donors (Lipinski definition) is 1. The minimum Gasteiger partial charge on any atom is -0.486 e. The average Bonchev–Trinajstić information content (AvgIpc) is 2.79. The predicted octanol–water partition coefficient (Wildman–Crippen LogP) is 4.52. The quantitative estimate of drug-likeness (QED) is 0.633. The van der Waals surface area contributed by atoms with Crippen molar-refractivity contribution in [2.24, 2.45) is 5.73 Å². The van der Waals surface area contributed by atoms with Crippen LogP contribution in [-0.2, 0) is 6.42 Å². The van der Waals surface area contributed by atoms with Gasteiger partial charge in [0.15, 0.2) is 29.2 Å². The standard InChI is InChI=1S/C25H27F2N3O2/c1-15-4-7-19-22(29-15)8-9-24-25(19)32-18(14-31-24)13-30-17(3-2-10-28)6-5-16-11-20(26)21(27)12-23(16)30/h4,7-9,11-12,17-18H,2-3,5-6,10,13-14,28H2,1H3. The van der Waals surface area contributed by atoms with Gasteiger partial charge in [-0.3, -0.25) is 4.98 Å². The first-order valence-electron chi connectivity index (χ1n) is 11.2. The Kier molecular flexibility index (Phi) is 5.59. The summed E-state index contributed by atoms with van der Waals surface area (Å²) in [7, 11) is 0. The van der Waals surface area contributed by atoms with Crippen LogP contribution >= 0.6 is 0 Å². The van der Waals surface area contributed by atoms with Crippen molar-refractivity contribution in [1.82, 2.24) is 4.98 Å². The van der Waals surface area contributed by atoms with Crippen LogP contribution in [0.3, 0.4) is 0 Å². The van der Waals surface area contributed by atoms with E-state index in [1.54, 1.807) is 0 Å². The zero-order valence-electron chi connectivity index (χ0n) is 18.1. The van der Waals surface area contributed by atoms with Gasteiger partial charge in [-0.05, 0) is 75.0 Å². The van der Waals surface area contributed by atoms with Gasteiger partial charge in [0.1, 0.15) is 6.61 Å². The molecule has 5 rings (SSSR count). The summed E-state index contributed by atoms with van der Waals surface area (Å²) in [4.78, 5) is 6.74. The Morgan fingerprint density at radius 3 is 2.84 bits per heavy atom. The van der Waals surface area contributed by atoms with Crippen LogP contribution in [-0.4, -0.2) is 36.8 Å². The van der Waals surface area contributed by atoms with Gasteiger partial charge in [-0.25, -0.2) is 8.78 Å². The third-order valence-electron chi connectivity index (χ3n) is 6.39. The molecule has 2 aromatic carbocycles. The van der Waals surface area contributed by atoms with Gasteiger partial charge in [0.2, 0.25) is 0 Å². The van der Waals surface area contributed by atoms with E-state index in [1.165, 1.54) is 12.1 Å². The molecule has 2 aliphatic rings. The molecule has 0 radical (unpaired) electrons. The third kappa shape index (κ3) is 3.86. The number of halogens is 2. The van der Waals surface area contributed by atoms with E-state index in [1.807, 2.05) is 31.2 Å². The molecule has 2 N–H and O–H groups in total. The Balaban J connectivity index is 1.45. The van der Waals surface area contributed by atoms with Crippen molar-refractivity contribution >= 4 is 16.6 Å². The van der Waals surface area contributed by atoms with Gasteiger partial charge < -0.3 is 20.1 Å². The van der Waals surface area contributed by atoms with Gasteiger partial charge in [-0.1, -0.05) is 0 Å². The van der Waals surface area contributed by atoms with E-state index in [9.17, 15) is 8.78 Å². The summed E-state index contributed by atoms with van der Waals surface area (Å²) in [5.74, 6) is -0.241. The van der Waals surface area contributed by atoms with E-state index in [-0.39, 0.29) is 12.1 Å². The Morgan fingerprint density at radius 1 is 1.16 bits per heavy atom. The lowest BCUT2D eigenvalue weighted by atomic mass is 9.92. The molecule has 0 bridgehead atoms. The molecule has 0 amide bonds. The first-order chi connectivity index (χ1) is 15.5. The Hall–Kier alpha value is -2.93. The molecule has 0 spiro atoms. The molecule has 0 aliphatic carbocycles. The van der Waals surface area contributed by atoms with Gasteiger partial charge in [0.25, 0.3) is 0 Å². The highest BCUT2D eigenvalue weighted by Gasteiger charge is 2.32. The zero-order valence-corrected chi connectivity index (χ0v) is 18.1. The fourth-order valence-corrected chi connectivity index (χ4v) is 4.81. The van der Waals surface area contributed by atoms with Crippen molar-refractivity contribution in [2.45, 2.75) is 44.8 Å². The largest absolute Gasteiger partial charge is 0.486 e. The predicted molar refractivity (Wildman–Crippen MR) is 120 cm³/mol. The van der Waals surface area contributed by atoms with Crippen molar-refractivity contribution in [1.29, 1.82) is 0 Å². The summed E-state index contributed by atoms with van der Waals surface area (Å²) in [6, 6.07) is 10.6. The lowest BCUT2D eigenvalue weighted by molar-refractivity contribution is 0.0951. The number of hydrogen-bond acceptors (Lipinski definition) is 5. The highest BCUT2D eigenvalue weighted by molar-refractivity contribution is 5.88. The molecular weight excluding hydrogens is 412 g/mol. The lowest BCUT2D eigenvalue weighted by Gasteiger charge is -2.41. The molecule has 0 saturated heterocycles. The van der Waals surface area contributed by atoms with Crippen LogP contribution in [0.15, 0.2) is 36.4 Å². The summed E-state index contributed by atoms with van der Waals surface area (Å²) < 4.78 is 40.5. The summed E-state index contributed by atoms with van der Waals surface area (Å²) in [6.07, 6.45) is 3.10. The summed E-state index contributed by atoms with van der Waals surface area (Å²) in [5, 5.41) is 0.907. The molecule has 2 aliphatic heterocycles. The first kappa shape index (κ1) is 20.9. The van der Waals surface area contributed by atoms with Crippen LogP contribution < -0.4 is 20.1 Å². The smallest absolute Gasteiger partial charge is 0.171 e. The normalized spacial score (nSPS) is 19.8. The van der Waals surface area contributed by atoms with Crippen LogP contribution in [0.1, 0.15) is 30.5 Å². The van der Waals surface area contributed by atoms with Crippen LogP contribution in [0.5, 0.6) is 11.5 Å². The number of nitrogens with two attached hydrogens (primary N) is 1. The summed E-state index contributed by atoms with van der Waals surface area (Å²) in [6.45, 7) is 3.46. The molecule has 168 valence electrons. The number of fused-ring (bicyclic) bond motifs is 4. The molecule has 7 heteroatoms. The van der Waals surface area contributed by atoms with E-state index < -0.39 is 11.6 Å². The van der Waals surface area contributed by atoms with Crippen LogP contribution in [0, 0.1) is 18.6 Å². The van der Waals surface area contributed by atoms with E-state index in [0.717, 1.165) is 53.5 Å². The van der Waals surface area contributed by atoms with Crippen molar-refractivity contribution in [2.75, 3.05) is 24.6 Å². The number of rotatable bonds is 5. The summed E-state index contributed by atoms with van der Waals surface area (Å²) >= 11 is 0. The van der Waals surface area contributed by atoms with E-state index in [0.29, 0.717) is 31.2 Å². The molecule has 2 unspecified atom stereocenters. The molecule has 0 fully saturated rings. The van der Waals surface area contributed by atoms with Crippen molar-refractivity contribution in [3.63, 3.8) is 0 Å². The fourth-order valence-electron chi connectivity index (χ4n) is 4.81. The van der Waals surface area contributed by atoms with Gasteiger partial charge >= 0.3 is 0 Å². The fraction of sp³-hybridized carbons (Fsp3) is 0.400. The third-order valence-corrected chi connectivity index (χ3v) is 6.39.